The van der Waals surface area contributed by atoms with E-state index in [0.29, 0.717) is 22.9 Å². The van der Waals surface area contributed by atoms with Crippen molar-refractivity contribution in [3.05, 3.63) is 11.9 Å². The van der Waals surface area contributed by atoms with Crippen molar-refractivity contribution < 1.29 is 0 Å². The highest BCUT2D eigenvalue weighted by molar-refractivity contribution is 5.81. The number of nitrogen functional groups attached to an aromatic ring is 1. The first-order valence-electron chi connectivity index (χ1n) is 4.15. The predicted molar refractivity (Wildman–Crippen MR) is 53.8 cm³/mol. The topological polar surface area (TPSA) is 89.6 Å². The Balaban J connectivity index is 2.76. The van der Waals surface area contributed by atoms with Gasteiger partial charge in [-0.3, -0.25) is 0 Å². The first-order chi connectivity index (χ1) is 6.70. The van der Waals surface area contributed by atoms with Crippen molar-refractivity contribution in [3.8, 4) is 0 Å². The van der Waals surface area contributed by atoms with Crippen LogP contribution in [0.1, 0.15) is 5.69 Å². The molecule has 0 bridgehead atoms. The van der Waals surface area contributed by atoms with Gasteiger partial charge < -0.3 is 11.1 Å². The van der Waals surface area contributed by atoms with E-state index in [9.17, 15) is 0 Å². The van der Waals surface area contributed by atoms with Gasteiger partial charge in [0.25, 0.3) is 0 Å². The zero-order valence-electron chi connectivity index (χ0n) is 7.94. The molecular formula is C8H10N6. The Labute approximate surface area is 80.6 Å². The van der Waals surface area contributed by atoms with Crippen molar-refractivity contribution in [1.29, 1.82) is 0 Å². The maximum atomic E-state index is 5.71. The van der Waals surface area contributed by atoms with Crippen molar-refractivity contribution in [3.63, 3.8) is 0 Å². The normalized spacial score (nSPS) is 10.4. The molecule has 0 saturated carbocycles. The highest BCUT2D eigenvalue weighted by Crippen LogP contribution is 2.14. The second kappa shape index (κ2) is 3.06. The molecule has 0 unspecified atom stereocenters. The summed E-state index contributed by atoms with van der Waals surface area (Å²) in [6.45, 7) is 1.85. The average Bonchev–Trinajstić information content (AvgIpc) is 2.19. The van der Waals surface area contributed by atoms with E-state index in [0.717, 1.165) is 5.69 Å². The molecule has 72 valence electrons. The lowest BCUT2D eigenvalue weighted by atomic mass is 10.4. The van der Waals surface area contributed by atoms with Gasteiger partial charge in [0.05, 0.1) is 11.9 Å². The second-order valence-corrected chi connectivity index (χ2v) is 2.87. The van der Waals surface area contributed by atoms with Crippen LogP contribution in [0.2, 0.25) is 0 Å². The SMILES string of the molecule is CNc1nc(N)c2nc(C)cnc2n1. The molecule has 6 nitrogen and oxygen atoms in total. The Morgan fingerprint density at radius 3 is 2.79 bits per heavy atom. The molecule has 14 heavy (non-hydrogen) atoms. The number of fused-ring (bicyclic) bond motifs is 1. The highest BCUT2D eigenvalue weighted by atomic mass is 15.1. The van der Waals surface area contributed by atoms with Gasteiger partial charge in [-0.05, 0) is 6.92 Å². The third-order valence-electron chi connectivity index (χ3n) is 1.78. The lowest BCUT2D eigenvalue weighted by Crippen LogP contribution is -2.03. The summed E-state index contributed by atoms with van der Waals surface area (Å²) in [6, 6.07) is 0. The lowest BCUT2D eigenvalue weighted by molar-refractivity contribution is 1.11. The van der Waals surface area contributed by atoms with Crippen molar-refractivity contribution in [1.82, 2.24) is 19.9 Å². The summed E-state index contributed by atoms with van der Waals surface area (Å²) < 4.78 is 0. The van der Waals surface area contributed by atoms with Crippen LogP contribution in [-0.4, -0.2) is 27.0 Å². The molecule has 3 N–H and O–H groups in total. The minimum absolute atomic E-state index is 0.343. The number of nitrogens with two attached hydrogens (primary N) is 1. The number of rotatable bonds is 1. The van der Waals surface area contributed by atoms with Crippen molar-refractivity contribution in [2.45, 2.75) is 6.92 Å². The van der Waals surface area contributed by atoms with Gasteiger partial charge in [0, 0.05) is 7.05 Å². The first kappa shape index (κ1) is 8.61. The zero-order valence-corrected chi connectivity index (χ0v) is 7.94. The Kier molecular flexibility index (Phi) is 1.88. The van der Waals surface area contributed by atoms with Gasteiger partial charge in [-0.25, -0.2) is 9.97 Å². The molecule has 6 heteroatoms. The third-order valence-corrected chi connectivity index (χ3v) is 1.78. The van der Waals surface area contributed by atoms with Gasteiger partial charge in [-0.1, -0.05) is 0 Å². The Morgan fingerprint density at radius 2 is 2.07 bits per heavy atom. The summed E-state index contributed by atoms with van der Waals surface area (Å²) in [5.74, 6) is 0.795. The summed E-state index contributed by atoms with van der Waals surface area (Å²) in [4.78, 5) is 16.5. The summed E-state index contributed by atoms with van der Waals surface area (Å²) in [5, 5.41) is 2.80. The van der Waals surface area contributed by atoms with Gasteiger partial charge in [0.2, 0.25) is 5.95 Å². The van der Waals surface area contributed by atoms with E-state index in [1.54, 1.807) is 13.2 Å². The quantitative estimate of drug-likeness (QED) is 0.674. The number of aromatic nitrogens is 4. The molecule has 0 amide bonds. The largest absolute Gasteiger partial charge is 0.382 e. The smallest absolute Gasteiger partial charge is 0.226 e. The molecule has 0 aliphatic carbocycles. The monoisotopic (exact) mass is 190 g/mol. The third kappa shape index (κ3) is 1.30. The van der Waals surface area contributed by atoms with Crippen LogP contribution < -0.4 is 11.1 Å². The molecule has 2 aromatic rings. The lowest BCUT2D eigenvalue weighted by Gasteiger charge is -2.03. The second-order valence-electron chi connectivity index (χ2n) is 2.87. The van der Waals surface area contributed by atoms with Crippen molar-refractivity contribution >= 4 is 22.9 Å². The van der Waals surface area contributed by atoms with Gasteiger partial charge in [0.15, 0.2) is 17.0 Å². The molecule has 0 aliphatic heterocycles. The molecular weight excluding hydrogens is 180 g/mol. The summed E-state index contributed by atoms with van der Waals surface area (Å²) in [5.41, 5.74) is 7.56. The van der Waals surface area contributed by atoms with Gasteiger partial charge in [-0.2, -0.15) is 9.97 Å². The number of nitrogens with zero attached hydrogens (tertiary/aromatic N) is 4. The van der Waals surface area contributed by atoms with E-state index in [1.807, 2.05) is 6.92 Å². The van der Waals surface area contributed by atoms with E-state index in [1.165, 1.54) is 0 Å². The van der Waals surface area contributed by atoms with Crippen molar-refractivity contribution in [2.24, 2.45) is 0 Å². The molecule has 2 heterocycles. The Morgan fingerprint density at radius 1 is 1.29 bits per heavy atom. The standard InChI is InChI=1S/C8H10N6/c1-4-3-11-7-5(12-4)6(9)13-8(10-2)14-7/h3H,1-2H3,(H3,9,10,11,13,14). The minimum Gasteiger partial charge on any atom is -0.382 e. The van der Waals surface area contributed by atoms with Gasteiger partial charge >= 0.3 is 0 Å². The zero-order chi connectivity index (χ0) is 10.1. The molecule has 2 aromatic heterocycles. The highest BCUT2D eigenvalue weighted by Gasteiger charge is 2.06. The number of nitrogens with one attached hydrogen (secondary N) is 1. The van der Waals surface area contributed by atoms with E-state index >= 15 is 0 Å². The van der Waals surface area contributed by atoms with Crippen LogP contribution in [-0.2, 0) is 0 Å². The molecule has 2 rings (SSSR count). The molecule has 0 saturated heterocycles. The first-order valence-corrected chi connectivity index (χ1v) is 4.15. The van der Waals surface area contributed by atoms with E-state index in [4.69, 9.17) is 5.73 Å². The fourth-order valence-corrected chi connectivity index (χ4v) is 1.13. The minimum atomic E-state index is 0.343. The van der Waals surface area contributed by atoms with Crippen LogP contribution in [0.3, 0.4) is 0 Å². The van der Waals surface area contributed by atoms with Crippen molar-refractivity contribution in [2.75, 3.05) is 18.1 Å². The van der Waals surface area contributed by atoms with E-state index < -0.39 is 0 Å². The van der Waals surface area contributed by atoms with Crippen LogP contribution in [0.15, 0.2) is 6.20 Å². The van der Waals surface area contributed by atoms with E-state index in [2.05, 4.69) is 25.3 Å². The van der Waals surface area contributed by atoms with E-state index in [-0.39, 0.29) is 0 Å². The van der Waals surface area contributed by atoms with Crippen LogP contribution >= 0.6 is 0 Å². The van der Waals surface area contributed by atoms with Crippen LogP contribution in [0.25, 0.3) is 11.2 Å². The van der Waals surface area contributed by atoms with Crippen LogP contribution in [0, 0.1) is 6.92 Å². The molecule has 0 radical (unpaired) electrons. The van der Waals surface area contributed by atoms with Crippen LogP contribution in [0.5, 0.6) is 0 Å². The predicted octanol–water partition coefficient (Wildman–Crippen LogP) is 0.352. The number of aryl methyl sites for hydroxylation is 1. The number of hydrogen-bond donors (Lipinski definition) is 2. The molecule has 0 aliphatic rings. The maximum absolute atomic E-state index is 5.71. The molecule has 0 aromatic carbocycles. The summed E-state index contributed by atoms with van der Waals surface area (Å²) in [6.07, 6.45) is 1.65. The maximum Gasteiger partial charge on any atom is 0.226 e. The van der Waals surface area contributed by atoms with Gasteiger partial charge in [0.1, 0.15) is 0 Å². The number of hydrogen-bond acceptors (Lipinski definition) is 6. The molecule has 0 spiro atoms. The van der Waals surface area contributed by atoms with Crippen LogP contribution in [0.4, 0.5) is 11.8 Å². The average molecular weight is 190 g/mol. The number of anilines is 2. The van der Waals surface area contributed by atoms with Gasteiger partial charge in [-0.15, -0.1) is 0 Å². The molecule has 0 atom stereocenters. The summed E-state index contributed by atoms with van der Waals surface area (Å²) >= 11 is 0. The molecule has 0 fully saturated rings. The Hall–Kier alpha value is -1.98. The summed E-state index contributed by atoms with van der Waals surface area (Å²) in [7, 11) is 1.72. The fourth-order valence-electron chi connectivity index (χ4n) is 1.13. The Bertz CT molecular complexity index is 480. The fraction of sp³-hybridized carbons (Fsp3) is 0.250.